The zero-order chi connectivity index (χ0) is 13.1. The fraction of sp³-hybridized carbons (Fsp3) is 0.462. The van der Waals surface area contributed by atoms with Gasteiger partial charge in [0.15, 0.2) is 0 Å². The van der Waals surface area contributed by atoms with Crippen molar-refractivity contribution in [2.24, 2.45) is 5.92 Å². The number of aliphatic hydroxyl groups excluding tert-OH is 1. The number of nitrogens with one attached hydrogen (secondary N) is 1. The summed E-state index contributed by atoms with van der Waals surface area (Å²) in [6.45, 7) is 4.15. The molecule has 5 heteroatoms. The van der Waals surface area contributed by atoms with Crippen molar-refractivity contribution in [2.45, 2.75) is 26.3 Å². The van der Waals surface area contributed by atoms with E-state index in [9.17, 15) is 9.90 Å². The molecule has 2 rings (SSSR count). The van der Waals surface area contributed by atoms with Gasteiger partial charge in [-0.05, 0) is 29.9 Å². The molecule has 1 atom stereocenters. The third kappa shape index (κ3) is 3.10. The molecule has 3 nitrogen and oxygen atoms in total. The number of amides is 1. The monoisotopic (exact) mass is 283 g/mol. The molecule has 18 heavy (non-hydrogen) atoms. The Kier molecular flexibility index (Phi) is 4.37. The van der Waals surface area contributed by atoms with Crippen LogP contribution in [0.3, 0.4) is 0 Å². The molecule has 2 aromatic rings. The van der Waals surface area contributed by atoms with Gasteiger partial charge in [-0.15, -0.1) is 22.7 Å². The van der Waals surface area contributed by atoms with Gasteiger partial charge in [-0.1, -0.05) is 13.8 Å². The Hall–Kier alpha value is -0.910. The molecule has 2 heterocycles. The van der Waals surface area contributed by atoms with Crippen LogP contribution >= 0.6 is 22.7 Å². The first-order valence-corrected chi connectivity index (χ1v) is 7.68. The lowest BCUT2D eigenvalue weighted by Crippen LogP contribution is -2.38. The first-order valence-electron chi connectivity index (χ1n) is 5.99. The molecular formula is C13H17NO2S2. The fourth-order valence-electron chi connectivity index (χ4n) is 1.88. The van der Waals surface area contributed by atoms with Crippen LogP contribution in [-0.4, -0.2) is 23.7 Å². The Bertz CT molecular complexity index is 501. The number of carbonyl (C=O) groups excluding carboxylic acids is 1. The highest BCUT2D eigenvalue weighted by atomic mass is 32.1. The van der Waals surface area contributed by atoms with Crippen molar-refractivity contribution >= 4 is 38.0 Å². The predicted octanol–water partition coefficient (Wildman–Crippen LogP) is 3.10. The highest BCUT2D eigenvalue weighted by Crippen LogP contribution is 2.29. The standard InChI is InChI=1S/C13H17NO2S2/c1-8(2)5-9(7-15)14-13(16)12-6-11-10(18-12)3-4-17-11/h3-4,6,8-9,15H,5,7H2,1-2H3,(H,14,16). The van der Waals surface area contributed by atoms with Crippen molar-refractivity contribution in [3.05, 3.63) is 22.4 Å². The normalized spacial score (nSPS) is 13.1. The zero-order valence-corrected chi connectivity index (χ0v) is 12.1. The van der Waals surface area contributed by atoms with Crippen LogP contribution in [-0.2, 0) is 0 Å². The summed E-state index contributed by atoms with van der Waals surface area (Å²) in [5.41, 5.74) is 0. The van der Waals surface area contributed by atoms with Crippen LogP contribution in [0.5, 0.6) is 0 Å². The van der Waals surface area contributed by atoms with Crippen LogP contribution in [0.25, 0.3) is 9.40 Å². The lowest BCUT2D eigenvalue weighted by molar-refractivity contribution is 0.0912. The summed E-state index contributed by atoms with van der Waals surface area (Å²) < 4.78 is 2.30. The van der Waals surface area contributed by atoms with Crippen molar-refractivity contribution < 1.29 is 9.90 Å². The van der Waals surface area contributed by atoms with Gasteiger partial charge in [0.1, 0.15) is 0 Å². The van der Waals surface area contributed by atoms with E-state index in [4.69, 9.17) is 0 Å². The molecule has 98 valence electrons. The minimum absolute atomic E-state index is 0.0103. The quantitative estimate of drug-likeness (QED) is 0.886. The summed E-state index contributed by atoms with van der Waals surface area (Å²) in [7, 11) is 0. The maximum absolute atomic E-state index is 12.1. The number of hydrogen-bond donors (Lipinski definition) is 2. The Morgan fingerprint density at radius 1 is 1.44 bits per heavy atom. The van der Waals surface area contributed by atoms with Gasteiger partial charge in [0.05, 0.1) is 17.5 Å². The number of rotatable bonds is 5. The Balaban J connectivity index is 2.04. The predicted molar refractivity (Wildman–Crippen MR) is 77.5 cm³/mol. The average molecular weight is 283 g/mol. The first-order chi connectivity index (χ1) is 8.60. The number of aliphatic hydroxyl groups is 1. The van der Waals surface area contributed by atoms with E-state index in [1.807, 2.05) is 17.5 Å². The SMILES string of the molecule is CC(C)CC(CO)NC(=O)c1cc2sccc2s1. The molecule has 1 amide bonds. The van der Waals surface area contributed by atoms with Gasteiger partial charge in [0, 0.05) is 9.40 Å². The van der Waals surface area contributed by atoms with Crippen molar-refractivity contribution in [3.63, 3.8) is 0 Å². The number of hydrogen-bond acceptors (Lipinski definition) is 4. The zero-order valence-electron chi connectivity index (χ0n) is 10.5. The van der Waals surface area contributed by atoms with E-state index in [0.29, 0.717) is 5.92 Å². The molecule has 2 aromatic heterocycles. The molecule has 0 aliphatic heterocycles. The van der Waals surface area contributed by atoms with Crippen LogP contribution in [0.2, 0.25) is 0 Å². The molecule has 0 spiro atoms. The van der Waals surface area contributed by atoms with E-state index in [1.54, 1.807) is 11.3 Å². The van der Waals surface area contributed by atoms with Gasteiger partial charge in [0.2, 0.25) is 0 Å². The van der Waals surface area contributed by atoms with Crippen molar-refractivity contribution in [1.82, 2.24) is 5.32 Å². The largest absolute Gasteiger partial charge is 0.394 e. The summed E-state index contributed by atoms with van der Waals surface area (Å²) in [5, 5.41) is 14.2. The van der Waals surface area contributed by atoms with Gasteiger partial charge in [0.25, 0.3) is 5.91 Å². The van der Waals surface area contributed by atoms with E-state index < -0.39 is 0 Å². The third-order valence-electron chi connectivity index (χ3n) is 2.67. The number of carbonyl (C=O) groups is 1. The summed E-state index contributed by atoms with van der Waals surface area (Å²) in [6, 6.07) is 3.79. The summed E-state index contributed by atoms with van der Waals surface area (Å²) in [5.74, 6) is 0.373. The highest BCUT2D eigenvalue weighted by molar-refractivity contribution is 7.27. The highest BCUT2D eigenvalue weighted by Gasteiger charge is 2.16. The van der Waals surface area contributed by atoms with E-state index in [-0.39, 0.29) is 18.6 Å². The van der Waals surface area contributed by atoms with Crippen molar-refractivity contribution in [3.8, 4) is 0 Å². The van der Waals surface area contributed by atoms with Crippen LogP contribution in [0.15, 0.2) is 17.5 Å². The third-order valence-corrected chi connectivity index (χ3v) is 4.77. The Morgan fingerprint density at radius 2 is 2.22 bits per heavy atom. The molecule has 0 saturated carbocycles. The van der Waals surface area contributed by atoms with Crippen molar-refractivity contribution in [1.29, 1.82) is 0 Å². The summed E-state index contributed by atoms with van der Waals surface area (Å²) >= 11 is 3.14. The van der Waals surface area contributed by atoms with Gasteiger partial charge in [-0.25, -0.2) is 0 Å². The van der Waals surface area contributed by atoms with Crippen LogP contribution < -0.4 is 5.32 Å². The second kappa shape index (κ2) is 5.82. The summed E-state index contributed by atoms with van der Waals surface area (Å²) in [6.07, 6.45) is 0.794. The molecule has 0 aliphatic carbocycles. The maximum atomic E-state index is 12.1. The molecule has 0 aromatic carbocycles. The molecule has 2 N–H and O–H groups in total. The van der Waals surface area contributed by atoms with Crippen LogP contribution in [0.1, 0.15) is 29.9 Å². The lowest BCUT2D eigenvalue weighted by atomic mass is 10.0. The lowest BCUT2D eigenvalue weighted by Gasteiger charge is -2.17. The van der Waals surface area contributed by atoms with Crippen LogP contribution in [0.4, 0.5) is 0 Å². The Labute approximate surface area is 114 Å². The topological polar surface area (TPSA) is 49.3 Å². The van der Waals surface area contributed by atoms with Gasteiger partial charge in [-0.2, -0.15) is 0 Å². The van der Waals surface area contributed by atoms with E-state index in [0.717, 1.165) is 20.7 Å². The molecule has 0 fully saturated rings. The smallest absolute Gasteiger partial charge is 0.261 e. The fourth-order valence-corrected chi connectivity index (χ4v) is 3.89. The molecule has 0 saturated heterocycles. The number of fused-ring (bicyclic) bond motifs is 1. The molecule has 0 aliphatic rings. The second-order valence-corrected chi connectivity index (χ2v) is 6.77. The minimum Gasteiger partial charge on any atom is -0.394 e. The van der Waals surface area contributed by atoms with E-state index in [2.05, 4.69) is 19.2 Å². The first kappa shape index (κ1) is 13.5. The minimum atomic E-state index is -0.155. The molecule has 0 radical (unpaired) electrons. The maximum Gasteiger partial charge on any atom is 0.261 e. The van der Waals surface area contributed by atoms with E-state index >= 15 is 0 Å². The van der Waals surface area contributed by atoms with Gasteiger partial charge < -0.3 is 10.4 Å². The molecule has 0 bridgehead atoms. The molecular weight excluding hydrogens is 266 g/mol. The average Bonchev–Trinajstić information content (AvgIpc) is 2.87. The second-order valence-electron chi connectivity index (χ2n) is 4.74. The number of thiophene rings is 2. The van der Waals surface area contributed by atoms with Gasteiger partial charge in [-0.3, -0.25) is 4.79 Å². The van der Waals surface area contributed by atoms with Crippen LogP contribution in [0, 0.1) is 5.92 Å². The van der Waals surface area contributed by atoms with Crippen molar-refractivity contribution in [2.75, 3.05) is 6.61 Å². The summed E-state index contributed by atoms with van der Waals surface area (Å²) in [4.78, 5) is 12.8. The van der Waals surface area contributed by atoms with E-state index in [1.165, 1.54) is 11.3 Å². The molecule has 1 unspecified atom stereocenters. The Morgan fingerprint density at radius 3 is 2.83 bits per heavy atom. The van der Waals surface area contributed by atoms with Gasteiger partial charge >= 0.3 is 0 Å².